The molecule has 2 fully saturated rings. The zero-order valence-electron chi connectivity index (χ0n) is 34.7. The molecule has 9 amide bonds. The van der Waals surface area contributed by atoms with Crippen LogP contribution in [-0.2, 0) is 44.4 Å². The van der Waals surface area contributed by atoms with E-state index in [1.807, 2.05) is 5.32 Å². The number of H-pyrrole nitrogens is 1. The van der Waals surface area contributed by atoms with Gasteiger partial charge in [0.25, 0.3) is 5.91 Å². The summed E-state index contributed by atoms with van der Waals surface area (Å²) in [6.07, 6.45) is -3.33. The first-order chi connectivity index (χ1) is 29.3. The van der Waals surface area contributed by atoms with Gasteiger partial charge >= 0.3 is 6.03 Å². The molecule has 1 aromatic heterocycles. The number of nitrogens with two attached hydrogens (primary N) is 1. The number of urea groups is 1. The Hall–Kier alpha value is -5.69. The molecular formula is C38H56N10O13S. The molecule has 23 nitrogen and oxygen atoms in total. The molecule has 0 radical (unpaired) electrons. The smallest absolute Gasteiger partial charge is 0.321 e. The maximum Gasteiger partial charge on any atom is 0.321 e. The van der Waals surface area contributed by atoms with Crippen LogP contribution < -0.4 is 43.0 Å². The van der Waals surface area contributed by atoms with Gasteiger partial charge in [0.2, 0.25) is 35.4 Å². The third kappa shape index (κ3) is 12.2. The third-order valence-electron chi connectivity index (χ3n) is 10.9. The maximum atomic E-state index is 14.1. The molecule has 0 spiro atoms. The van der Waals surface area contributed by atoms with E-state index in [4.69, 9.17) is 5.73 Å². The summed E-state index contributed by atoms with van der Waals surface area (Å²) in [6.45, 7) is 2.85. The summed E-state index contributed by atoms with van der Waals surface area (Å²) in [6, 6.07) is -3.99. The van der Waals surface area contributed by atoms with E-state index < -0.39 is 157 Å². The lowest BCUT2D eigenvalue weighted by Gasteiger charge is -2.32. The van der Waals surface area contributed by atoms with Crippen molar-refractivity contribution in [2.45, 2.75) is 94.4 Å². The second-order valence-electron chi connectivity index (χ2n) is 15.4. The van der Waals surface area contributed by atoms with Crippen molar-refractivity contribution >= 4 is 74.8 Å². The molecule has 2 aliphatic heterocycles. The van der Waals surface area contributed by atoms with Crippen molar-refractivity contribution < 1.29 is 63.0 Å². The standard InChI is InChI=1S/C38H56N10O13S/c1-5-17(2)30-34(57)40-12-28(53)42-25(16-62(61)36-18(3)22-10-20(39)6-7-23(22)44-36)32(55)43-24(8-9-49)37(59)48-14-21(51)11-26(48)33(56)46-31(19(4)27(52)15-50)35(58)47-38(60)41-13-29(54)45-30/h6-7,10,17,19,21,24-27,30-31,44,49-52H,5,8-9,11-16,39H2,1-4H3,(H,40,57)(H,42,53)(H,43,55)(H,45,54)(H,46,56)(H2,41,47,58,60)/t17-,19?,21+,24?,25-,26-,27?,30-,31-,62?/m0/s1. The fraction of sp³-hybridized carbons (Fsp3) is 0.579. The van der Waals surface area contributed by atoms with Gasteiger partial charge in [-0.15, -0.1) is 0 Å². The van der Waals surface area contributed by atoms with Gasteiger partial charge in [-0.2, -0.15) is 0 Å². The van der Waals surface area contributed by atoms with E-state index >= 15 is 0 Å². The average molecular weight is 893 g/mol. The summed E-state index contributed by atoms with van der Waals surface area (Å²) < 4.78 is 14.0. The van der Waals surface area contributed by atoms with Gasteiger partial charge in [-0.1, -0.05) is 27.2 Å². The van der Waals surface area contributed by atoms with Gasteiger partial charge in [-0.25, -0.2) is 4.79 Å². The summed E-state index contributed by atoms with van der Waals surface area (Å²) in [4.78, 5) is 112. The number of nitrogens with one attached hydrogen (secondary N) is 8. The molecule has 24 heteroatoms. The number of rotatable bonds is 10. The van der Waals surface area contributed by atoms with Gasteiger partial charge < -0.3 is 67.9 Å². The number of hydrogen-bond acceptors (Lipinski definition) is 14. The van der Waals surface area contributed by atoms with Crippen molar-refractivity contribution in [3.8, 4) is 0 Å². The minimum atomic E-state index is -2.03. The fourth-order valence-electron chi connectivity index (χ4n) is 7.05. The van der Waals surface area contributed by atoms with Crippen LogP contribution in [0.15, 0.2) is 23.2 Å². The SMILES string of the molecule is CC[C@H](C)[C@@H]1NC(=O)CNC(=O)NC(=O)[C@H](C(C)C(O)CO)NC(=O)[C@@H]2C[C@@H](O)CN2C(=O)C(CCO)NC(=O)[C@H](CS(=O)c2[nH]c3ccc(N)cc3c2C)NC(=O)CNC1=O. The second-order valence-corrected chi connectivity index (χ2v) is 16.8. The van der Waals surface area contributed by atoms with Gasteiger partial charge in [0.05, 0.1) is 48.5 Å². The van der Waals surface area contributed by atoms with Gasteiger partial charge in [0, 0.05) is 42.1 Å². The molecule has 2 aromatic rings. The predicted octanol–water partition coefficient (Wildman–Crippen LogP) is -4.56. The van der Waals surface area contributed by atoms with Crippen LogP contribution in [0.1, 0.15) is 45.6 Å². The van der Waals surface area contributed by atoms with Crippen LogP contribution in [0.2, 0.25) is 0 Å². The Morgan fingerprint density at radius 1 is 0.871 bits per heavy atom. The first-order valence-corrected chi connectivity index (χ1v) is 21.3. The number of imide groups is 1. The van der Waals surface area contributed by atoms with Crippen LogP contribution >= 0.6 is 0 Å². The average Bonchev–Trinajstić information content (AvgIpc) is 3.79. The molecule has 14 N–H and O–H groups in total. The van der Waals surface area contributed by atoms with Crippen molar-refractivity contribution in [1.82, 2.24) is 47.1 Å². The molecule has 342 valence electrons. The van der Waals surface area contributed by atoms with E-state index in [1.165, 1.54) is 6.92 Å². The number of anilines is 1. The number of benzene rings is 1. The summed E-state index contributed by atoms with van der Waals surface area (Å²) in [5.41, 5.74) is 7.52. The van der Waals surface area contributed by atoms with Crippen LogP contribution in [0, 0.1) is 18.8 Å². The van der Waals surface area contributed by atoms with Crippen molar-refractivity contribution in [3.63, 3.8) is 0 Å². The molecule has 1 aromatic carbocycles. The Morgan fingerprint density at radius 2 is 1.55 bits per heavy atom. The number of nitrogens with zero attached hydrogens (tertiary/aromatic N) is 1. The molecule has 4 unspecified atom stereocenters. The Kier molecular flexibility index (Phi) is 17.3. The molecule has 10 atom stereocenters. The van der Waals surface area contributed by atoms with Gasteiger partial charge in [-0.3, -0.25) is 43.1 Å². The molecule has 0 bridgehead atoms. The van der Waals surface area contributed by atoms with Crippen LogP contribution in [0.4, 0.5) is 10.5 Å². The Bertz CT molecular complexity index is 2050. The normalized spacial score (nSPS) is 26.2. The highest BCUT2D eigenvalue weighted by Gasteiger charge is 2.44. The summed E-state index contributed by atoms with van der Waals surface area (Å²) >= 11 is 0. The lowest BCUT2D eigenvalue weighted by molar-refractivity contribution is -0.143. The first-order valence-electron chi connectivity index (χ1n) is 20.0. The van der Waals surface area contributed by atoms with E-state index in [1.54, 1.807) is 39.0 Å². The van der Waals surface area contributed by atoms with Crippen molar-refractivity contribution in [3.05, 3.63) is 23.8 Å². The topological polar surface area (TPSA) is 364 Å². The maximum absolute atomic E-state index is 14.1. The Labute approximate surface area is 358 Å². The Morgan fingerprint density at radius 3 is 2.21 bits per heavy atom. The van der Waals surface area contributed by atoms with E-state index in [9.17, 15) is 63.0 Å². The molecule has 2 aliphatic rings. The molecular weight excluding hydrogens is 837 g/mol. The van der Waals surface area contributed by atoms with Crippen LogP contribution in [0.25, 0.3) is 10.9 Å². The lowest BCUT2D eigenvalue weighted by atomic mass is 9.94. The van der Waals surface area contributed by atoms with E-state index in [-0.39, 0.29) is 11.4 Å². The highest BCUT2D eigenvalue weighted by Crippen LogP contribution is 2.27. The lowest BCUT2D eigenvalue weighted by Crippen LogP contribution is -2.60. The number of aromatic amines is 1. The van der Waals surface area contributed by atoms with E-state index in [0.29, 0.717) is 28.6 Å². The monoisotopic (exact) mass is 892 g/mol. The zero-order valence-corrected chi connectivity index (χ0v) is 35.5. The third-order valence-corrected chi connectivity index (χ3v) is 12.4. The highest BCUT2D eigenvalue weighted by molar-refractivity contribution is 7.85. The summed E-state index contributed by atoms with van der Waals surface area (Å²) in [5.74, 6) is -9.22. The molecule has 2 saturated heterocycles. The van der Waals surface area contributed by atoms with Crippen molar-refractivity contribution in [2.75, 3.05) is 44.3 Å². The van der Waals surface area contributed by atoms with Crippen LogP contribution in [0.5, 0.6) is 0 Å². The number of aliphatic hydroxyl groups is 4. The minimum absolute atomic E-state index is 0.203. The minimum Gasteiger partial charge on any atom is -0.399 e. The molecule has 0 saturated carbocycles. The fourth-order valence-corrected chi connectivity index (χ4v) is 8.43. The molecule has 0 aliphatic carbocycles. The van der Waals surface area contributed by atoms with Crippen molar-refractivity contribution in [2.24, 2.45) is 11.8 Å². The number of carbonyl (C=O) groups is 8. The molecule has 3 heterocycles. The quantitative estimate of drug-likeness (QED) is 0.100. The number of carbonyl (C=O) groups excluding carboxylic acids is 8. The summed E-state index contributed by atoms with van der Waals surface area (Å²) in [7, 11) is -2.03. The summed E-state index contributed by atoms with van der Waals surface area (Å²) in [5, 5.41) is 57.7. The van der Waals surface area contributed by atoms with Crippen LogP contribution in [0.3, 0.4) is 0 Å². The van der Waals surface area contributed by atoms with E-state index in [0.717, 1.165) is 4.90 Å². The first kappa shape index (κ1) is 49.0. The van der Waals surface area contributed by atoms with Gasteiger partial charge in [0.15, 0.2) is 0 Å². The number of nitrogen functional groups attached to an aromatic ring is 1. The van der Waals surface area contributed by atoms with Gasteiger partial charge in [0.1, 0.15) is 35.2 Å². The van der Waals surface area contributed by atoms with Gasteiger partial charge in [-0.05, 0) is 43.0 Å². The number of hydrogen-bond donors (Lipinski definition) is 13. The van der Waals surface area contributed by atoms with Crippen LogP contribution in [-0.4, -0.2) is 163 Å². The largest absolute Gasteiger partial charge is 0.399 e. The Balaban J connectivity index is 1.73. The van der Waals surface area contributed by atoms with Crippen molar-refractivity contribution in [1.29, 1.82) is 0 Å². The number of fused-ring (bicyclic) bond motifs is 2. The second kappa shape index (κ2) is 21.9. The highest BCUT2D eigenvalue weighted by atomic mass is 32.2. The molecule has 62 heavy (non-hydrogen) atoms. The number of aromatic nitrogens is 1. The number of amides is 9. The predicted molar refractivity (Wildman–Crippen MR) is 221 cm³/mol. The molecule has 4 rings (SSSR count). The number of aryl methyl sites for hydroxylation is 1. The zero-order chi connectivity index (χ0) is 46.0. The number of aliphatic hydroxyl groups excluding tert-OH is 4. The van der Waals surface area contributed by atoms with E-state index in [2.05, 4.69) is 36.9 Å².